The zero-order valence-corrected chi connectivity index (χ0v) is 14.4. The fourth-order valence-corrected chi connectivity index (χ4v) is 2.39. The fourth-order valence-electron chi connectivity index (χ4n) is 2.39. The molecule has 0 spiro atoms. The molecule has 0 heterocycles. The number of unbranched alkanes of at least 4 members (excludes halogenated alkanes) is 3. The molecular formula is C17H32O4. The van der Waals surface area contributed by atoms with E-state index in [4.69, 9.17) is 9.47 Å². The van der Waals surface area contributed by atoms with E-state index in [1.54, 1.807) is 6.92 Å². The van der Waals surface area contributed by atoms with Gasteiger partial charge in [0.25, 0.3) is 0 Å². The molecule has 0 N–H and O–H groups in total. The van der Waals surface area contributed by atoms with Crippen molar-refractivity contribution in [2.24, 2.45) is 5.41 Å². The highest BCUT2D eigenvalue weighted by molar-refractivity contribution is 6.00. The molecule has 0 aliphatic heterocycles. The molecular weight excluding hydrogens is 268 g/mol. The third-order valence-electron chi connectivity index (χ3n) is 4.04. The summed E-state index contributed by atoms with van der Waals surface area (Å²) in [4.78, 5) is 24.5. The van der Waals surface area contributed by atoms with Crippen LogP contribution >= 0.6 is 0 Å². The van der Waals surface area contributed by atoms with Gasteiger partial charge in [0, 0.05) is 0 Å². The van der Waals surface area contributed by atoms with Crippen molar-refractivity contribution in [3.05, 3.63) is 0 Å². The third kappa shape index (κ3) is 6.06. The van der Waals surface area contributed by atoms with Crippen molar-refractivity contribution in [1.82, 2.24) is 0 Å². The van der Waals surface area contributed by atoms with E-state index in [9.17, 15) is 9.59 Å². The zero-order valence-electron chi connectivity index (χ0n) is 14.4. The molecule has 0 amide bonds. The van der Waals surface area contributed by atoms with Crippen molar-refractivity contribution in [2.75, 3.05) is 6.61 Å². The summed E-state index contributed by atoms with van der Waals surface area (Å²) in [7, 11) is 0. The van der Waals surface area contributed by atoms with E-state index in [0.29, 0.717) is 12.8 Å². The molecule has 0 aliphatic rings. The molecule has 0 aromatic heterocycles. The van der Waals surface area contributed by atoms with Crippen LogP contribution < -0.4 is 0 Å². The predicted molar refractivity (Wildman–Crippen MR) is 84.0 cm³/mol. The number of carbonyl (C=O) groups is 2. The van der Waals surface area contributed by atoms with Crippen LogP contribution in [0.25, 0.3) is 0 Å². The van der Waals surface area contributed by atoms with Crippen LogP contribution in [-0.4, -0.2) is 24.6 Å². The average Bonchev–Trinajstić information content (AvgIpc) is 2.46. The summed E-state index contributed by atoms with van der Waals surface area (Å²) in [6.07, 6.45) is 6.10. The number of esters is 2. The van der Waals surface area contributed by atoms with Gasteiger partial charge in [-0.25, -0.2) is 0 Å². The first-order chi connectivity index (χ1) is 9.98. The van der Waals surface area contributed by atoms with Crippen molar-refractivity contribution >= 4 is 11.9 Å². The van der Waals surface area contributed by atoms with Gasteiger partial charge < -0.3 is 9.47 Å². The van der Waals surface area contributed by atoms with E-state index in [-0.39, 0.29) is 12.7 Å². The number of hydrogen-bond donors (Lipinski definition) is 0. The Morgan fingerprint density at radius 3 is 2.05 bits per heavy atom. The smallest absolute Gasteiger partial charge is 0.323 e. The summed E-state index contributed by atoms with van der Waals surface area (Å²) in [5.41, 5.74) is -1.15. The van der Waals surface area contributed by atoms with E-state index < -0.39 is 17.4 Å². The summed E-state index contributed by atoms with van der Waals surface area (Å²) in [5, 5.41) is 0. The molecule has 0 rings (SSSR count). The van der Waals surface area contributed by atoms with E-state index >= 15 is 0 Å². The summed E-state index contributed by atoms with van der Waals surface area (Å²) in [6.45, 7) is 9.74. The van der Waals surface area contributed by atoms with Gasteiger partial charge in [-0.3, -0.25) is 9.59 Å². The van der Waals surface area contributed by atoms with Gasteiger partial charge >= 0.3 is 11.9 Å². The molecule has 0 bridgehead atoms. The zero-order chi connectivity index (χ0) is 16.3. The maximum absolute atomic E-state index is 12.4. The maximum atomic E-state index is 12.4. The molecule has 0 aliphatic carbocycles. The second-order valence-electron chi connectivity index (χ2n) is 5.57. The van der Waals surface area contributed by atoms with Gasteiger partial charge in [-0.1, -0.05) is 40.0 Å². The summed E-state index contributed by atoms with van der Waals surface area (Å²) in [6, 6.07) is 0. The number of ether oxygens (including phenoxy) is 2. The van der Waals surface area contributed by atoms with E-state index in [0.717, 1.165) is 19.3 Å². The number of rotatable bonds is 11. The predicted octanol–water partition coefficient (Wildman–Crippen LogP) is 4.26. The van der Waals surface area contributed by atoms with Crippen LogP contribution in [0.2, 0.25) is 0 Å². The Bertz CT molecular complexity index is 308. The van der Waals surface area contributed by atoms with Crippen molar-refractivity contribution in [2.45, 2.75) is 85.7 Å². The van der Waals surface area contributed by atoms with Crippen LogP contribution in [0.3, 0.4) is 0 Å². The largest absolute Gasteiger partial charge is 0.465 e. The SMILES string of the molecule is CCCCCCC(C)OC(=O)C(CC)(CC)C(=O)OCC. The lowest BCUT2D eigenvalue weighted by Gasteiger charge is -2.28. The molecule has 1 unspecified atom stereocenters. The van der Waals surface area contributed by atoms with Crippen LogP contribution in [0.5, 0.6) is 0 Å². The van der Waals surface area contributed by atoms with Crippen LogP contribution in [-0.2, 0) is 19.1 Å². The van der Waals surface area contributed by atoms with Gasteiger partial charge in [0.15, 0.2) is 5.41 Å². The molecule has 4 nitrogen and oxygen atoms in total. The second-order valence-corrected chi connectivity index (χ2v) is 5.57. The van der Waals surface area contributed by atoms with Crippen LogP contribution in [0, 0.1) is 5.41 Å². The minimum absolute atomic E-state index is 0.152. The normalized spacial score (nSPS) is 12.8. The molecule has 21 heavy (non-hydrogen) atoms. The number of carbonyl (C=O) groups excluding carboxylic acids is 2. The molecule has 0 fully saturated rings. The first-order valence-corrected chi connectivity index (χ1v) is 8.36. The molecule has 1 atom stereocenters. The maximum Gasteiger partial charge on any atom is 0.323 e. The Morgan fingerprint density at radius 2 is 1.57 bits per heavy atom. The molecule has 0 saturated carbocycles. The van der Waals surface area contributed by atoms with Gasteiger partial charge in [-0.15, -0.1) is 0 Å². The van der Waals surface area contributed by atoms with Crippen LogP contribution in [0.15, 0.2) is 0 Å². The summed E-state index contributed by atoms with van der Waals surface area (Å²) >= 11 is 0. The van der Waals surface area contributed by atoms with Crippen molar-refractivity contribution in [3.8, 4) is 0 Å². The van der Waals surface area contributed by atoms with Gasteiger partial charge in [-0.05, 0) is 39.5 Å². The number of hydrogen-bond acceptors (Lipinski definition) is 4. The Kier molecular flexibility index (Phi) is 10.1. The molecule has 4 heteroatoms. The van der Waals surface area contributed by atoms with E-state index in [1.807, 2.05) is 20.8 Å². The minimum Gasteiger partial charge on any atom is -0.465 e. The average molecular weight is 300 g/mol. The Labute approximate surface area is 129 Å². The molecule has 0 aromatic carbocycles. The fraction of sp³-hybridized carbons (Fsp3) is 0.882. The Hall–Kier alpha value is -1.06. The highest BCUT2D eigenvalue weighted by Gasteiger charge is 2.46. The molecule has 0 saturated heterocycles. The van der Waals surface area contributed by atoms with Crippen molar-refractivity contribution in [1.29, 1.82) is 0 Å². The Balaban J connectivity index is 4.57. The standard InChI is InChI=1S/C17H32O4/c1-6-10-11-12-13-14(5)21-16(19)17(7-2,8-3)15(18)20-9-4/h14H,6-13H2,1-5H3. The van der Waals surface area contributed by atoms with E-state index in [2.05, 4.69) is 6.92 Å². The molecule has 0 aromatic rings. The quantitative estimate of drug-likeness (QED) is 0.325. The first kappa shape index (κ1) is 19.9. The van der Waals surface area contributed by atoms with Crippen LogP contribution in [0.1, 0.15) is 79.6 Å². The molecule has 0 radical (unpaired) electrons. The first-order valence-electron chi connectivity index (χ1n) is 8.36. The van der Waals surface area contributed by atoms with Crippen LogP contribution in [0.4, 0.5) is 0 Å². The van der Waals surface area contributed by atoms with Crippen molar-refractivity contribution < 1.29 is 19.1 Å². The summed E-state index contributed by atoms with van der Waals surface area (Å²) < 4.78 is 10.6. The van der Waals surface area contributed by atoms with Gasteiger partial charge in [0.2, 0.25) is 0 Å². The second kappa shape index (κ2) is 10.6. The summed E-state index contributed by atoms with van der Waals surface area (Å²) in [5.74, 6) is -0.896. The lowest BCUT2D eigenvalue weighted by Crippen LogP contribution is -2.42. The lowest BCUT2D eigenvalue weighted by atomic mass is 9.82. The van der Waals surface area contributed by atoms with Gasteiger partial charge in [0.05, 0.1) is 12.7 Å². The molecule has 124 valence electrons. The highest BCUT2D eigenvalue weighted by Crippen LogP contribution is 2.31. The van der Waals surface area contributed by atoms with E-state index in [1.165, 1.54) is 12.8 Å². The minimum atomic E-state index is -1.15. The van der Waals surface area contributed by atoms with Crippen molar-refractivity contribution in [3.63, 3.8) is 0 Å². The highest BCUT2D eigenvalue weighted by atomic mass is 16.6. The topological polar surface area (TPSA) is 52.6 Å². The van der Waals surface area contributed by atoms with Gasteiger partial charge in [-0.2, -0.15) is 0 Å². The Morgan fingerprint density at radius 1 is 0.952 bits per heavy atom. The van der Waals surface area contributed by atoms with Gasteiger partial charge in [0.1, 0.15) is 0 Å². The lowest BCUT2D eigenvalue weighted by molar-refractivity contribution is -0.176. The third-order valence-corrected chi connectivity index (χ3v) is 4.04. The monoisotopic (exact) mass is 300 g/mol.